The number of nitrogens with zero attached hydrogens (tertiary/aromatic N) is 2. The number of carboxylic acids is 1. The van der Waals surface area contributed by atoms with E-state index in [0.717, 1.165) is 43.2 Å². The lowest BCUT2D eigenvalue weighted by Crippen LogP contribution is -2.24. The maximum atomic E-state index is 11.5. The second kappa shape index (κ2) is 6.34. The fraction of sp³-hybridized carbons (Fsp3) is 0.750. The fourth-order valence-electron chi connectivity index (χ4n) is 2.75. The molecule has 0 aliphatic carbocycles. The maximum Gasteiger partial charge on any atom is 0.347 e. The molecule has 0 amide bonds. The van der Waals surface area contributed by atoms with Gasteiger partial charge in [0.15, 0.2) is 5.13 Å². The highest BCUT2D eigenvalue weighted by Gasteiger charge is 2.27. The third-order valence-electron chi connectivity index (χ3n) is 4.53. The van der Waals surface area contributed by atoms with Crippen molar-refractivity contribution in [3.8, 4) is 0 Å². The molecule has 1 saturated heterocycles. The number of carbonyl (C=O) groups is 1. The summed E-state index contributed by atoms with van der Waals surface area (Å²) in [7, 11) is 0. The molecule has 1 aliphatic heterocycles. The van der Waals surface area contributed by atoms with Crippen LogP contribution < -0.4 is 4.90 Å². The minimum atomic E-state index is -0.843. The Kier molecular flexibility index (Phi) is 4.91. The predicted octanol–water partition coefficient (Wildman–Crippen LogP) is 4.37. The summed E-state index contributed by atoms with van der Waals surface area (Å²) in [5.41, 5.74) is 1.13. The monoisotopic (exact) mass is 310 g/mol. The van der Waals surface area contributed by atoms with Crippen LogP contribution in [-0.2, 0) is 0 Å². The summed E-state index contributed by atoms with van der Waals surface area (Å²) in [5.74, 6) is -0.645. The van der Waals surface area contributed by atoms with Gasteiger partial charge in [0.2, 0.25) is 0 Å². The average Bonchev–Trinajstić information content (AvgIpc) is 2.78. The van der Waals surface area contributed by atoms with Crippen LogP contribution in [0.4, 0.5) is 5.13 Å². The first-order valence-electron chi connectivity index (χ1n) is 7.83. The molecule has 1 aliphatic rings. The summed E-state index contributed by atoms with van der Waals surface area (Å²) < 4.78 is 0. The summed E-state index contributed by atoms with van der Waals surface area (Å²) in [6.45, 7) is 10.7. The van der Waals surface area contributed by atoms with Crippen molar-refractivity contribution in [3.05, 3.63) is 10.6 Å². The summed E-state index contributed by atoms with van der Waals surface area (Å²) >= 11 is 1.34. The second-order valence-corrected chi connectivity index (χ2v) is 7.81. The number of thiazole rings is 1. The van der Waals surface area contributed by atoms with Crippen molar-refractivity contribution in [2.45, 2.75) is 59.3 Å². The van der Waals surface area contributed by atoms with Crippen molar-refractivity contribution in [3.63, 3.8) is 0 Å². The van der Waals surface area contributed by atoms with Gasteiger partial charge in [-0.2, -0.15) is 0 Å². The van der Waals surface area contributed by atoms with E-state index in [1.54, 1.807) is 0 Å². The van der Waals surface area contributed by atoms with Crippen LogP contribution in [-0.4, -0.2) is 29.1 Å². The van der Waals surface area contributed by atoms with Gasteiger partial charge in [0.1, 0.15) is 4.88 Å². The molecule has 1 unspecified atom stereocenters. The van der Waals surface area contributed by atoms with Crippen LogP contribution in [0.2, 0.25) is 0 Å². The fourth-order valence-corrected chi connectivity index (χ4v) is 3.83. The Bertz CT molecular complexity index is 510. The highest BCUT2D eigenvalue weighted by Crippen LogP contribution is 2.36. The van der Waals surface area contributed by atoms with Gasteiger partial charge in [-0.1, -0.05) is 39.0 Å². The standard InChI is InChI=1S/C16H26N2O2S/c1-5-11(2)12-13(14(19)20)21-15(17-12)18-9-6-7-16(3,4)8-10-18/h11H,5-10H2,1-4H3,(H,19,20). The molecule has 0 spiro atoms. The van der Waals surface area contributed by atoms with Crippen LogP contribution in [0.1, 0.15) is 74.7 Å². The number of carboxylic acid groups (broad SMARTS) is 1. The first kappa shape index (κ1) is 16.3. The molecule has 4 nitrogen and oxygen atoms in total. The summed E-state index contributed by atoms with van der Waals surface area (Å²) in [5, 5.41) is 10.3. The van der Waals surface area contributed by atoms with E-state index in [0.29, 0.717) is 10.3 Å². The van der Waals surface area contributed by atoms with E-state index in [9.17, 15) is 9.90 Å². The molecule has 2 rings (SSSR count). The van der Waals surface area contributed by atoms with Crippen molar-refractivity contribution >= 4 is 22.4 Å². The molecule has 1 aromatic heterocycles. The zero-order chi connectivity index (χ0) is 15.6. The van der Waals surface area contributed by atoms with Crippen LogP contribution in [0, 0.1) is 5.41 Å². The minimum absolute atomic E-state index is 0.199. The first-order valence-corrected chi connectivity index (χ1v) is 8.64. The van der Waals surface area contributed by atoms with Crippen LogP contribution in [0.5, 0.6) is 0 Å². The molecule has 0 saturated carbocycles. The molecule has 5 heteroatoms. The summed E-state index contributed by atoms with van der Waals surface area (Å²) in [6.07, 6.45) is 4.41. The lowest BCUT2D eigenvalue weighted by atomic mass is 9.85. The lowest BCUT2D eigenvalue weighted by molar-refractivity contribution is 0.0700. The molecule has 2 heterocycles. The van der Waals surface area contributed by atoms with Crippen molar-refractivity contribution in [1.82, 2.24) is 4.98 Å². The van der Waals surface area contributed by atoms with Gasteiger partial charge in [-0.3, -0.25) is 0 Å². The predicted molar refractivity (Wildman–Crippen MR) is 87.6 cm³/mol. The van der Waals surface area contributed by atoms with E-state index >= 15 is 0 Å². The molecule has 1 atom stereocenters. The third kappa shape index (κ3) is 3.76. The topological polar surface area (TPSA) is 53.4 Å². The van der Waals surface area contributed by atoms with Crippen LogP contribution in [0.25, 0.3) is 0 Å². The zero-order valence-corrected chi connectivity index (χ0v) is 14.3. The molecule has 0 radical (unpaired) electrons. The van der Waals surface area contributed by atoms with Gasteiger partial charge in [-0.15, -0.1) is 0 Å². The molecule has 0 bridgehead atoms. The van der Waals surface area contributed by atoms with Crippen molar-refractivity contribution in [2.24, 2.45) is 5.41 Å². The smallest absolute Gasteiger partial charge is 0.347 e. The van der Waals surface area contributed by atoms with E-state index in [4.69, 9.17) is 0 Å². The number of rotatable bonds is 4. The summed E-state index contributed by atoms with van der Waals surface area (Å²) in [4.78, 5) is 18.8. The van der Waals surface area contributed by atoms with Crippen LogP contribution in [0.15, 0.2) is 0 Å². The van der Waals surface area contributed by atoms with E-state index in [1.165, 1.54) is 17.8 Å². The lowest BCUT2D eigenvalue weighted by Gasteiger charge is -2.23. The van der Waals surface area contributed by atoms with Crippen LogP contribution >= 0.6 is 11.3 Å². The Hall–Kier alpha value is -1.10. The van der Waals surface area contributed by atoms with Gasteiger partial charge in [-0.05, 0) is 37.0 Å². The van der Waals surface area contributed by atoms with Gasteiger partial charge in [0, 0.05) is 13.1 Å². The average molecular weight is 310 g/mol. The summed E-state index contributed by atoms with van der Waals surface area (Å²) in [6, 6.07) is 0. The van der Waals surface area contributed by atoms with Gasteiger partial charge in [0.25, 0.3) is 0 Å². The Balaban J connectivity index is 2.26. The van der Waals surface area contributed by atoms with Gasteiger partial charge in [-0.25, -0.2) is 9.78 Å². The zero-order valence-electron chi connectivity index (χ0n) is 13.5. The van der Waals surface area contributed by atoms with E-state index in [1.807, 2.05) is 0 Å². The van der Waals surface area contributed by atoms with E-state index in [-0.39, 0.29) is 5.92 Å². The van der Waals surface area contributed by atoms with Gasteiger partial charge < -0.3 is 10.0 Å². The SMILES string of the molecule is CCC(C)c1nc(N2CCCC(C)(C)CC2)sc1C(=O)O. The highest BCUT2D eigenvalue weighted by molar-refractivity contribution is 7.17. The largest absolute Gasteiger partial charge is 0.477 e. The molecule has 118 valence electrons. The Labute approximate surface area is 131 Å². The maximum absolute atomic E-state index is 11.5. The molecule has 1 fully saturated rings. The molecule has 0 aromatic carbocycles. The van der Waals surface area contributed by atoms with Gasteiger partial charge >= 0.3 is 5.97 Å². The van der Waals surface area contributed by atoms with Gasteiger partial charge in [0.05, 0.1) is 5.69 Å². The Morgan fingerprint density at radius 1 is 1.43 bits per heavy atom. The normalized spacial score (nSPS) is 20.1. The first-order chi connectivity index (χ1) is 9.84. The van der Waals surface area contributed by atoms with Crippen molar-refractivity contribution < 1.29 is 9.90 Å². The van der Waals surface area contributed by atoms with Crippen LogP contribution in [0.3, 0.4) is 0 Å². The van der Waals surface area contributed by atoms with Crippen molar-refractivity contribution in [2.75, 3.05) is 18.0 Å². The Morgan fingerprint density at radius 2 is 2.14 bits per heavy atom. The number of hydrogen-bond donors (Lipinski definition) is 1. The molecular formula is C16H26N2O2S. The molecule has 1 N–H and O–H groups in total. The second-order valence-electron chi connectivity index (χ2n) is 6.83. The number of hydrogen-bond acceptors (Lipinski definition) is 4. The van der Waals surface area contributed by atoms with E-state index < -0.39 is 5.97 Å². The molecule has 1 aromatic rings. The number of aromatic nitrogens is 1. The molecule has 21 heavy (non-hydrogen) atoms. The number of anilines is 1. The minimum Gasteiger partial charge on any atom is -0.477 e. The Morgan fingerprint density at radius 3 is 2.76 bits per heavy atom. The number of aromatic carboxylic acids is 1. The highest BCUT2D eigenvalue weighted by atomic mass is 32.1. The van der Waals surface area contributed by atoms with Crippen molar-refractivity contribution in [1.29, 1.82) is 0 Å². The third-order valence-corrected chi connectivity index (χ3v) is 5.65. The quantitative estimate of drug-likeness (QED) is 0.897. The van der Waals surface area contributed by atoms with E-state index in [2.05, 4.69) is 37.6 Å². The molecular weight excluding hydrogens is 284 g/mol.